The molecular formula is C19H27N3O3. The van der Waals surface area contributed by atoms with E-state index in [1.807, 2.05) is 6.07 Å². The molecule has 0 aromatic carbocycles. The lowest BCUT2D eigenvalue weighted by Gasteiger charge is -2.35. The third-order valence-electron chi connectivity index (χ3n) is 5.39. The van der Waals surface area contributed by atoms with Crippen LogP contribution in [-0.2, 0) is 11.3 Å². The normalized spacial score (nSPS) is 23.1. The number of hydrogen-bond donors (Lipinski definition) is 0. The Morgan fingerprint density at radius 2 is 2.08 bits per heavy atom. The lowest BCUT2D eigenvalue weighted by atomic mass is 9.88. The summed E-state index contributed by atoms with van der Waals surface area (Å²) >= 11 is 0. The van der Waals surface area contributed by atoms with Gasteiger partial charge in [-0.25, -0.2) is 0 Å². The molecule has 2 aliphatic rings. The second-order valence-electron chi connectivity index (χ2n) is 7.37. The standard InChI is InChI=1S/C19H27N3O3/c1-2-5-15(6-3-1)11-22-9-4-7-17(12-22)24-14-18-20-19(25-21-18)16-8-10-23-13-16/h8,10,13,15,17H,1-7,9,11-12,14H2. The van der Waals surface area contributed by atoms with Crippen molar-refractivity contribution < 1.29 is 13.7 Å². The summed E-state index contributed by atoms with van der Waals surface area (Å²) in [6, 6.07) is 1.81. The first-order chi connectivity index (χ1) is 12.4. The van der Waals surface area contributed by atoms with E-state index in [2.05, 4.69) is 15.0 Å². The molecule has 0 N–H and O–H groups in total. The number of ether oxygens (including phenoxy) is 1. The molecule has 0 spiro atoms. The molecule has 0 amide bonds. The van der Waals surface area contributed by atoms with Gasteiger partial charge in [0.05, 0.1) is 17.9 Å². The highest BCUT2D eigenvalue weighted by Crippen LogP contribution is 2.26. The predicted molar refractivity (Wildman–Crippen MR) is 92.8 cm³/mol. The summed E-state index contributed by atoms with van der Waals surface area (Å²) in [7, 11) is 0. The van der Waals surface area contributed by atoms with Crippen LogP contribution in [0.5, 0.6) is 0 Å². The summed E-state index contributed by atoms with van der Waals surface area (Å²) in [5, 5.41) is 4.00. The van der Waals surface area contributed by atoms with E-state index < -0.39 is 0 Å². The van der Waals surface area contributed by atoms with Crippen molar-refractivity contribution in [1.82, 2.24) is 15.0 Å². The number of furan rings is 1. The zero-order valence-corrected chi connectivity index (χ0v) is 14.7. The van der Waals surface area contributed by atoms with Crippen molar-refractivity contribution in [3.63, 3.8) is 0 Å². The fourth-order valence-corrected chi connectivity index (χ4v) is 4.06. The van der Waals surface area contributed by atoms with Crippen molar-refractivity contribution in [2.24, 2.45) is 5.92 Å². The first-order valence-electron chi connectivity index (χ1n) is 9.56. The van der Waals surface area contributed by atoms with Crippen molar-refractivity contribution in [2.75, 3.05) is 19.6 Å². The molecule has 0 bridgehead atoms. The highest BCUT2D eigenvalue weighted by Gasteiger charge is 2.24. The number of piperidine rings is 1. The third kappa shape index (κ3) is 4.50. The second-order valence-corrected chi connectivity index (χ2v) is 7.37. The summed E-state index contributed by atoms with van der Waals surface area (Å²) in [6.07, 6.45) is 12.9. The van der Waals surface area contributed by atoms with Crippen molar-refractivity contribution in [3.05, 3.63) is 24.4 Å². The molecule has 0 radical (unpaired) electrons. The predicted octanol–water partition coefficient (Wildman–Crippen LogP) is 3.89. The first-order valence-corrected chi connectivity index (χ1v) is 9.56. The van der Waals surface area contributed by atoms with Crippen LogP contribution in [0, 0.1) is 5.92 Å². The Bertz CT molecular complexity index is 634. The van der Waals surface area contributed by atoms with Crippen molar-refractivity contribution in [2.45, 2.75) is 57.7 Å². The van der Waals surface area contributed by atoms with Gasteiger partial charge < -0.3 is 18.6 Å². The van der Waals surface area contributed by atoms with E-state index in [9.17, 15) is 0 Å². The molecule has 2 fully saturated rings. The number of rotatable bonds is 6. The highest BCUT2D eigenvalue weighted by atomic mass is 16.5. The molecule has 1 saturated carbocycles. The number of nitrogens with zero attached hydrogens (tertiary/aromatic N) is 3. The van der Waals surface area contributed by atoms with Crippen LogP contribution in [-0.4, -0.2) is 40.8 Å². The summed E-state index contributed by atoms with van der Waals surface area (Å²) < 4.78 is 16.4. The van der Waals surface area contributed by atoms with Crippen LogP contribution < -0.4 is 0 Å². The Morgan fingerprint density at radius 1 is 1.16 bits per heavy atom. The van der Waals surface area contributed by atoms with E-state index in [-0.39, 0.29) is 6.10 Å². The van der Waals surface area contributed by atoms with Gasteiger partial charge in [-0.3, -0.25) is 0 Å². The molecule has 1 aliphatic heterocycles. The Morgan fingerprint density at radius 3 is 2.92 bits per heavy atom. The topological polar surface area (TPSA) is 64.5 Å². The fourth-order valence-electron chi connectivity index (χ4n) is 4.06. The van der Waals surface area contributed by atoms with Gasteiger partial charge in [0.15, 0.2) is 5.82 Å². The molecule has 1 unspecified atom stereocenters. The Balaban J connectivity index is 1.25. The van der Waals surface area contributed by atoms with Gasteiger partial charge in [0.1, 0.15) is 12.9 Å². The van der Waals surface area contributed by atoms with Crippen LogP contribution in [0.3, 0.4) is 0 Å². The Hall–Kier alpha value is -1.66. The third-order valence-corrected chi connectivity index (χ3v) is 5.39. The molecule has 136 valence electrons. The van der Waals surface area contributed by atoms with Crippen LogP contribution >= 0.6 is 0 Å². The van der Waals surface area contributed by atoms with Crippen LogP contribution in [0.2, 0.25) is 0 Å². The molecule has 1 atom stereocenters. The van der Waals surface area contributed by atoms with Crippen molar-refractivity contribution in [3.8, 4) is 11.5 Å². The van der Waals surface area contributed by atoms with Gasteiger partial charge in [-0.05, 0) is 44.2 Å². The average Bonchev–Trinajstić information content (AvgIpc) is 3.33. The van der Waals surface area contributed by atoms with E-state index in [1.165, 1.54) is 51.6 Å². The molecule has 2 aromatic heterocycles. The van der Waals surface area contributed by atoms with Gasteiger partial charge in [0, 0.05) is 13.1 Å². The summed E-state index contributed by atoms with van der Waals surface area (Å²) in [4.78, 5) is 6.97. The van der Waals surface area contributed by atoms with E-state index in [0.29, 0.717) is 18.3 Å². The van der Waals surface area contributed by atoms with Crippen LogP contribution in [0.1, 0.15) is 50.8 Å². The highest BCUT2D eigenvalue weighted by molar-refractivity contribution is 5.49. The maximum Gasteiger partial charge on any atom is 0.261 e. The lowest BCUT2D eigenvalue weighted by Crippen LogP contribution is -2.42. The zero-order chi connectivity index (χ0) is 16.9. The Labute approximate surface area is 148 Å². The molecule has 25 heavy (non-hydrogen) atoms. The smallest absolute Gasteiger partial charge is 0.261 e. The van der Waals surface area contributed by atoms with E-state index >= 15 is 0 Å². The molecule has 3 heterocycles. The fraction of sp³-hybridized carbons (Fsp3) is 0.684. The van der Waals surface area contributed by atoms with E-state index in [1.54, 1.807) is 12.5 Å². The van der Waals surface area contributed by atoms with Gasteiger partial charge in [-0.15, -0.1) is 0 Å². The maximum atomic E-state index is 6.07. The van der Waals surface area contributed by atoms with E-state index in [0.717, 1.165) is 24.4 Å². The average molecular weight is 345 g/mol. The minimum atomic E-state index is 0.271. The molecule has 4 rings (SSSR count). The van der Waals surface area contributed by atoms with Gasteiger partial charge >= 0.3 is 0 Å². The second kappa shape index (κ2) is 8.15. The summed E-state index contributed by atoms with van der Waals surface area (Å²) in [5.74, 6) is 1.97. The molecule has 2 aromatic rings. The number of aromatic nitrogens is 2. The van der Waals surface area contributed by atoms with Crippen LogP contribution in [0.15, 0.2) is 27.5 Å². The van der Waals surface area contributed by atoms with Crippen LogP contribution in [0.25, 0.3) is 11.5 Å². The lowest BCUT2D eigenvalue weighted by molar-refractivity contribution is -0.0175. The summed E-state index contributed by atoms with van der Waals surface area (Å²) in [6.45, 7) is 3.89. The first kappa shape index (κ1) is 16.8. The minimum Gasteiger partial charge on any atom is -0.472 e. The van der Waals surface area contributed by atoms with E-state index in [4.69, 9.17) is 13.7 Å². The molecule has 1 saturated heterocycles. The van der Waals surface area contributed by atoms with Crippen LogP contribution in [0.4, 0.5) is 0 Å². The van der Waals surface area contributed by atoms with Gasteiger partial charge in [0.25, 0.3) is 5.89 Å². The molecule has 6 heteroatoms. The number of likely N-dealkylation sites (tertiary alicyclic amines) is 1. The summed E-state index contributed by atoms with van der Waals surface area (Å²) in [5.41, 5.74) is 0.801. The van der Waals surface area contributed by atoms with Crippen molar-refractivity contribution >= 4 is 0 Å². The van der Waals surface area contributed by atoms with Gasteiger partial charge in [-0.1, -0.05) is 24.4 Å². The minimum absolute atomic E-state index is 0.271. The van der Waals surface area contributed by atoms with Gasteiger partial charge in [-0.2, -0.15) is 4.98 Å². The van der Waals surface area contributed by atoms with Gasteiger partial charge in [0.2, 0.25) is 0 Å². The molecular weight excluding hydrogens is 318 g/mol. The maximum absolute atomic E-state index is 6.07. The zero-order valence-electron chi connectivity index (χ0n) is 14.7. The largest absolute Gasteiger partial charge is 0.472 e. The monoisotopic (exact) mass is 345 g/mol. The van der Waals surface area contributed by atoms with Crippen molar-refractivity contribution in [1.29, 1.82) is 0 Å². The SMILES string of the molecule is c1cc(-c2nc(COC3CCCN(CC4CCCCC4)C3)no2)co1. The molecule has 6 nitrogen and oxygen atoms in total. The molecule has 1 aliphatic carbocycles. The quantitative estimate of drug-likeness (QED) is 0.791. The number of hydrogen-bond acceptors (Lipinski definition) is 6. The Kier molecular flexibility index (Phi) is 5.47.